The highest BCUT2D eigenvalue weighted by Gasteiger charge is 2.17. The second kappa shape index (κ2) is 9.65. The molecule has 4 heterocycles. The molecule has 2 aliphatic rings. The van der Waals surface area contributed by atoms with Crippen molar-refractivity contribution in [2.45, 2.75) is 57.5 Å². The predicted octanol–water partition coefficient (Wildman–Crippen LogP) is 4.04. The van der Waals surface area contributed by atoms with E-state index in [0.29, 0.717) is 5.82 Å². The van der Waals surface area contributed by atoms with Gasteiger partial charge in [0.05, 0.1) is 23.8 Å². The number of hydrogen-bond acceptors (Lipinski definition) is 5. The summed E-state index contributed by atoms with van der Waals surface area (Å²) >= 11 is 0. The van der Waals surface area contributed by atoms with Crippen LogP contribution in [0.15, 0.2) is 36.8 Å². The molecule has 2 fully saturated rings. The zero-order valence-corrected chi connectivity index (χ0v) is 18.5. The number of rotatable bonds is 6. The Kier molecular flexibility index (Phi) is 6.29. The lowest BCUT2D eigenvalue weighted by Crippen LogP contribution is -2.36. The Morgan fingerprint density at radius 3 is 2.66 bits per heavy atom. The molecule has 0 spiro atoms. The fourth-order valence-electron chi connectivity index (χ4n) is 4.70. The van der Waals surface area contributed by atoms with E-state index in [-0.39, 0.29) is 12.1 Å². The number of urea groups is 1. The van der Waals surface area contributed by atoms with Crippen molar-refractivity contribution in [1.82, 2.24) is 30.0 Å². The maximum absolute atomic E-state index is 12.3. The minimum atomic E-state index is -0.192. The van der Waals surface area contributed by atoms with Crippen LogP contribution in [0.25, 0.3) is 22.2 Å². The number of nitrogens with zero attached hydrogens (tertiary/aromatic N) is 5. The zero-order valence-electron chi connectivity index (χ0n) is 18.5. The number of amides is 2. The molecule has 168 valence electrons. The van der Waals surface area contributed by atoms with Gasteiger partial charge < -0.3 is 10.2 Å². The van der Waals surface area contributed by atoms with Crippen LogP contribution in [-0.4, -0.2) is 56.4 Å². The summed E-state index contributed by atoms with van der Waals surface area (Å²) in [6, 6.07) is 5.77. The lowest BCUT2D eigenvalue weighted by atomic mass is 10.1. The van der Waals surface area contributed by atoms with Crippen LogP contribution in [0.5, 0.6) is 0 Å². The first-order valence-corrected chi connectivity index (χ1v) is 11.8. The molecule has 0 bridgehead atoms. The maximum Gasteiger partial charge on any atom is 0.320 e. The third-order valence-corrected chi connectivity index (χ3v) is 6.53. The molecule has 1 aliphatic carbocycles. The van der Waals surface area contributed by atoms with Gasteiger partial charge in [0.25, 0.3) is 0 Å². The number of nitrogens with one attached hydrogen (secondary N) is 2. The molecule has 5 rings (SSSR count). The van der Waals surface area contributed by atoms with Gasteiger partial charge in [0.1, 0.15) is 5.82 Å². The van der Waals surface area contributed by atoms with Crippen molar-refractivity contribution < 1.29 is 4.79 Å². The summed E-state index contributed by atoms with van der Waals surface area (Å²) in [6.45, 7) is 4.33. The van der Waals surface area contributed by atoms with E-state index in [1.807, 2.05) is 29.2 Å². The Balaban J connectivity index is 1.25. The van der Waals surface area contributed by atoms with Crippen LogP contribution in [0, 0.1) is 0 Å². The number of piperidine rings is 1. The minimum Gasteiger partial charge on any atom is -0.335 e. The van der Waals surface area contributed by atoms with Crippen molar-refractivity contribution in [2.75, 3.05) is 25.0 Å². The van der Waals surface area contributed by atoms with Gasteiger partial charge in [0.2, 0.25) is 0 Å². The van der Waals surface area contributed by atoms with E-state index >= 15 is 0 Å². The molecule has 8 nitrogen and oxygen atoms in total. The van der Waals surface area contributed by atoms with Crippen LogP contribution in [0.3, 0.4) is 0 Å². The lowest BCUT2D eigenvalue weighted by Gasteiger charge is -2.26. The first kappa shape index (κ1) is 20.9. The third-order valence-electron chi connectivity index (χ3n) is 6.53. The summed E-state index contributed by atoms with van der Waals surface area (Å²) in [5.41, 5.74) is 3.55. The van der Waals surface area contributed by atoms with E-state index in [1.165, 1.54) is 45.2 Å². The number of carbonyl (C=O) groups excluding carboxylic acids is 1. The van der Waals surface area contributed by atoms with E-state index in [4.69, 9.17) is 0 Å². The second-order valence-electron chi connectivity index (χ2n) is 8.93. The normalized spacial score (nSPS) is 17.6. The molecule has 8 heteroatoms. The molecule has 2 amide bonds. The maximum atomic E-state index is 12.3. The van der Waals surface area contributed by atoms with E-state index in [2.05, 4.69) is 36.8 Å². The van der Waals surface area contributed by atoms with Gasteiger partial charge in [0, 0.05) is 36.1 Å². The summed E-state index contributed by atoms with van der Waals surface area (Å²) in [4.78, 5) is 24.0. The van der Waals surface area contributed by atoms with Crippen molar-refractivity contribution in [3.8, 4) is 11.1 Å². The molecule has 1 saturated carbocycles. The number of pyridine rings is 2. The largest absolute Gasteiger partial charge is 0.335 e. The van der Waals surface area contributed by atoms with Gasteiger partial charge in [0.15, 0.2) is 0 Å². The molecule has 3 aromatic heterocycles. The van der Waals surface area contributed by atoms with Crippen LogP contribution < -0.4 is 10.6 Å². The monoisotopic (exact) mass is 433 g/mol. The fourth-order valence-corrected chi connectivity index (χ4v) is 4.70. The molecule has 0 radical (unpaired) electrons. The van der Waals surface area contributed by atoms with E-state index < -0.39 is 0 Å². The van der Waals surface area contributed by atoms with Crippen molar-refractivity contribution in [1.29, 1.82) is 0 Å². The number of hydrogen-bond donors (Lipinski definition) is 2. The van der Waals surface area contributed by atoms with E-state index in [0.717, 1.165) is 48.1 Å². The topological polar surface area (TPSA) is 88.0 Å². The summed E-state index contributed by atoms with van der Waals surface area (Å²) < 4.78 is 2.01. The minimum absolute atomic E-state index is 0.192. The molecule has 3 aromatic rings. The molecule has 32 heavy (non-hydrogen) atoms. The molecule has 0 atom stereocenters. The first-order chi connectivity index (χ1) is 15.7. The number of aromatic nitrogens is 4. The number of fused-ring (bicyclic) bond motifs is 1. The van der Waals surface area contributed by atoms with Gasteiger partial charge in [-0.2, -0.15) is 5.10 Å². The molecular weight excluding hydrogens is 402 g/mol. The Morgan fingerprint density at radius 1 is 0.969 bits per heavy atom. The van der Waals surface area contributed by atoms with Gasteiger partial charge in [-0.15, -0.1) is 0 Å². The number of anilines is 1. The van der Waals surface area contributed by atoms with Gasteiger partial charge in [-0.3, -0.25) is 15.0 Å². The molecule has 1 aliphatic heterocycles. The van der Waals surface area contributed by atoms with E-state index in [1.54, 1.807) is 6.07 Å². The van der Waals surface area contributed by atoms with Crippen LogP contribution in [0.4, 0.5) is 10.6 Å². The highest BCUT2D eigenvalue weighted by Crippen LogP contribution is 2.23. The van der Waals surface area contributed by atoms with Crippen molar-refractivity contribution >= 4 is 22.9 Å². The average molecular weight is 434 g/mol. The van der Waals surface area contributed by atoms with Crippen molar-refractivity contribution in [3.63, 3.8) is 0 Å². The Hall–Kier alpha value is -3.00. The molecular formula is C24H31N7O. The van der Waals surface area contributed by atoms with Crippen LogP contribution in [0.1, 0.15) is 44.9 Å². The Morgan fingerprint density at radius 2 is 1.81 bits per heavy atom. The Bertz CT molecular complexity index is 1070. The van der Waals surface area contributed by atoms with Gasteiger partial charge >= 0.3 is 6.03 Å². The average Bonchev–Trinajstić information content (AvgIpc) is 3.50. The lowest BCUT2D eigenvalue weighted by molar-refractivity contribution is 0.218. The molecule has 0 unspecified atom stereocenters. The summed E-state index contributed by atoms with van der Waals surface area (Å²) in [5.74, 6) is 0.532. The van der Waals surface area contributed by atoms with Gasteiger partial charge in [-0.05, 0) is 57.0 Å². The molecule has 0 aromatic carbocycles. The van der Waals surface area contributed by atoms with Crippen LogP contribution in [-0.2, 0) is 6.54 Å². The summed E-state index contributed by atoms with van der Waals surface area (Å²) in [5, 5.41) is 10.4. The number of likely N-dealkylation sites (tertiary alicyclic amines) is 1. The summed E-state index contributed by atoms with van der Waals surface area (Å²) in [6.07, 6.45) is 14.3. The van der Waals surface area contributed by atoms with Crippen LogP contribution in [0.2, 0.25) is 0 Å². The predicted molar refractivity (Wildman–Crippen MR) is 125 cm³/mol. The highest BCUT2D eigenvalue weighted by molar-refractivity contribution is 5.90. The molecule has 1 saturated heterocycles. The summed E-state index contributed by atoms with van der Waals surface area (Å²) in [7, 11) is 0. The van der Waals surface area contributed by atoms with E-state index in [9.17, 15) is 4.79 Å². The van der Waals surface area contributed by atoms with Gasteiger partial charge in [-0.1, -0.05) is 19.3 Å². The van der Waals surface area contributed by atoms with Crippen molar-refractivity contribution in [2.24, 2.45) is 0 Å². The van der Waals surface area contributed by atoms with Gasteiger partial charge in [-0.25, -0.2) is 9.78 Å². The fraction of sp³-hybridized carbons (Fsp3) is 0.500. The van der Waals surface area contributed by atoms with Crippen molar-refractivity contribution in [3.05, 3.63) is 36.8 Å². The second-order valence-corrected chi connectivity index (χ2v) is 8.93. The quantitative estimate of drug-likeness (QED) is 0.612. The zero-order chi connectivity index (χ0) is 21.8. The molecule has 2 N–H and O–H groups in total. The van der Waals surface area contributed by atoms with Crippen LogP contribution >= 0.6 is 0 Å². The number of carbonyl (C=O) groups is 1. The highest BCUT2D eigenvalue weighted by atomic mass is 16.2. The standard InChI is InChI=1S/C24H31N7O/c32-24(27-20-6-2-3-7-20)29-23-9-8-21-22(28-23)14-18(15-25-21)19-16-26-31(17-19)13-12-30-10-4-1-5-11-30/h8-9,14-17,20H,1-7,10-13H2,(H2,27,28,29,32). The first-order valence-electron chi connectivity index (χ1n) is 11.8. The smallest absolute Gasteiger partial charge is 0.320 e. The Labute approximate surface area is 188 Å². The SMILES string of the molecule is O=C(Nc1ccc2ncc(-c3cnn(CCN4CCCCC4)c3)cc2n1)NC1CCCC1. The third kappa shape index (κ3) is 5.07.